The third kappa shape index (κ3) is 4.75. The molecule has 0 saturated heterocycles. The number of ether oxygens (including phenoxy) is 2. The minimum Gasteiger partial charge on any atom is -0.489 e. The Morgan fingerprint density at radius 1 is 1.00 bits per heavy atom. The van der Waals surface area contributed by atoms with E-state index in [1.165, 1.54) is 0 Å². The molecular formula is C23H14BrCl2NO3. The van der Waals surface area contributed by atoms with E-state index in [0.29, 0.717) is 22.2 Å². The summed E-state index contributed by atoms with van der Waals surface area (Å²) in [5.41, 5.74) is 2.64. The number of halogens is 3. The van der Waals surface area contributed by atoms with Crippen LogP contribution in [0.5, 0.6) is 5.75 Å². The van der Waals surface area contributed by atoms with Gasteiger partial charge in [-0.15, -0.1) is 0 Å². The molecule has 0 fully saturated rings. The third-order valence-electron chi connectivity index (χ3n) is 4.32. The first-order chi connectivity index (χ1) is 14.5. The molecule has 1 heterocycles. The average Bonchev–Trinajstić information content (AvgIpc) is 3.11. The highest BCUT2D eigenvalue weighted by Gasteiger charge is 2.24. The molecule has 150 valence electrons. The molecule has 0 spiro atoms. The zero-order valence-electron chi connectivity index (χ0n) is 15.4. The van der Waals surface area contributed by atoms with Gasteiger partial charge in [-0.1, -0.05) is 69.5 Å². The molecule has 3 aromatic carbocycles. The van der Waals surface area contributed by atoms with E-state index in [4.69, 9.17) is 32.7 Å². The second kappa shape index (κ2) is 9.04. The molecule has 3 aromatic rings. The number of carbonyl (C=O) groups excluding carboxylic acids is 1. The molecule has 4 rings (SSSR count). The van der Waals surface area contributed by atoms with Gasteiger partial charge in [0, 0.05) is 15.6 Å². The molecule has 30 heavy (non-hydrogen) atoms. The maximum absolute atomic E-state index is 12.2. The van der Waals surface area contributed by atoms with E-state index >= 15 is 0 Å². The molecule has 0 N–H and O–H groups in total. The van der Waals surface area contributed by atoms with E-state index in [2.05, 4.69) is 20.9 Å². The summed E-state index contributed by atoms with van der Waals surface area (Å²) in [6.07, 6.45) is 1.66. The molecule has 0 amide bonds. The van der Waals surface area contributed by atoms with E-state index in [0.717, 1.165) is 21.3 Å². The molecule has 0 unspecified atom stereocenters. The normalized spacial score (nSPS) is 14.6. The number of hydrogen-bond acceptors (Lipinski definition) is 4. The van der Waals surface area contributed by atoms with Crippen LogP contribution in [0, 0.1) is 0 Å². The van der Waals surface area contributed by atoms with Gasteiger partial charge in [-0.2, -0.15) is 0 Å². The van der Waals surface area contributed by atoms with Gasteiger partial charge < -0.3 is 9.47 Å². The van der Waals surface area contributed by atoms with Crippen LogP contribution in [0.2, 0.25) is 10.0 Å². The van der Waals surface area contributed by atoms with Crippen molar-refractivity contribution in [1.82, 2.24) is 0 Å². The van der Waals surface area contributed by atoms with Crippen molar-refractivity contribution in [3.05, 3.63) is 104 Å². The fourth-order valence-corrected chi connectivity index (χ4v) is 3.45. The van der Waals surface area contributed by atoms with Crippen LogP contribution in [0.1, 0.15) is 16.7 Å². The Kier molecular flexibility index (Phi) is 6.23. The summed E-state index contributed by atoms with van der Waals surface area (Å²) in [4.78, 5) is 16.5. The van der Waals surface area contributed by atoms with Crippen LogP contribution < -0.4 is 4.74 Å². The lowest BCUT2D eigenvalue weighted by Gasteiger charge is -2.08. The molecule has 4 nitrogen and oxygen atoms in total. The summed E-state index contributed by atoms with van der Waals surface area (Å²) >= 11 is 15.5. The van der Waals surface area contributed by atoms with Crippen LogP contribution in [0.15, 0.2) is 81.9 Å². The van der Waals surface area contributed by atoms with Crippen molar-refractivity contribution in [3.63, 3.8) is 0 Å². The van der Waals surface area contributed by atoms with Crippen molar-refractivity contribution in [1.29, 1.82) is 0 Å². The second-order valence-corrected chi connectivity index (χ2v) is 8.08. The predicted octanol–water partition coefficient (Wildman–Crippen LogP) is 6.68. The van der Waals surface area contributed by atoms with E-state index in [-0.39, 0.29) is 11.6 Å². The highest BCUT2D eigenvalue weighted by Crippen LogP contribution is 2.26. The molecule has 1 aliphatic heterocycles. The van der Waals surface area contributed by atoms with Gasteiger partial charge in [-0.05, 0) is 48.0 Å². The highest BCUT2D eigenvalue weighted by atomic mass is 79.9. The van der Waals surface area contributed by atoms with Gasteiger partial charge >= 0.3 is 5.97 Å². The summed E-state index contributed by atoms with van der Waals surface area (Å²) in [5, 5.41) is 0.784. The number of aliphatic imine (C=N–C) groups is 1. The Balaban J connectivity index is 1.47. The van der Waals surface area contributed by atoms with Gasteiger partial charge in [-0.3, -0.25) is 0 Å². The Morgan fingerprint density at radius 3 is 2.50 bits per heavy atom. The summed E-state index contributed by atoms with van der Waals surface area (Å²) in [7, 11) is 0. The first kappa shape index (κ1) is 20.7. The molecule has 1 aliphatic rings. The molecule has 0 bridgehead atoms. The quantitative estimate of drug-likeness (QED) is 0.289. The molecule has 0 saturated carbocycles. The van der Waals surface area contributed by atoms with Crippen molar-refractivity contribution < 1.29 is 14.3 Å². The summed E-state index contributed by atoms with van der Waals surface area (Å²) < 4.78 is 12.1. The van der Waals surface area contributed by atoms with Crippen LogP contribution in [-0.2, 0) is 16.1 Å². The monoisotopic (exact) mass is 501 g/mol. The van der Waals surface area contributed by atoms with Gasteiger partial charge in [0.15, 0.2) is 5.70 Å². The van der Waals surface area contributed by atoms with E-state index in [9.17, 15) is 4.79 Å². The molecule has 0 aliphatic carbocycles. The number of benzene rings is 3. The van der Waals surface area contributed by atoms with Crippen LogP contribution in [0.3, 0.4) is 0 Å². The maximum Gasteiger partial charge on any atom is 0.363 e. The Morgan fingerprint density at radius 2 is 1.77 bits per heavy atom. The molecular weight excluding hydrogens is 489 g/mol. The van der Waals surface area contributed by atoms with E-state index in [1.807, 2.05) is 48.5 Å². The number of nitrogens with zero attached hydrogens (tertiary/aromatic N) is 1. The lowest BCUT2D eigenvalue weighted by Crippen LogP contribution is -2.05. The fraction of sp³-hybridized carbons (Fsp3) is 0.0435. The zero-order valence-corrected chi connectivity index (χ0v) is 18.5. The summed E-state index contributed by atoms with van der Waals surface area (Å²) in [6, 6.07) is 20.2. The number of cyclic esters (lactones) is 1. The smallest absolute Gasteiger partial charge is 0.363 e. The Bertz CT molecular complexity index is 1170. The van der Waals surface area contributed by atoms with E-state index in [1.54, 1.807) is 24.3 Å². The topological polar surface area (TPSA) is 47.9 Å². The highest BCUT2D eigenvalue weighted by molar-refractivity contribution is 9.10. The molecule has 0 atom stereocenters. The molecule has 0 radical (unpaired) electrons. The van der Waals surface area contributed by atoms with Gasteiger partial charge in [0.25, 0.3) is 0 Å². The minimum absolute atomic E-state index is 0.193. The summed E-state index contributed by atoms with van der Waals surface area (Å²) in [6.45, 7) is 0.450. The van der Waals surface area contributed by atoms with Crippen molar-refractivity contribution in [2.45, 2.75) is 6.61 Å². The molecule has 7 heteroatoms. The number of esters is 1. The standard InChI is InChI=1S/C23H14BrCl2NO3/c24-18-4-2-1-3-16(18)13-29-17-8-5-14(6-9-17)11-21-23(28)30-22(27-21)15-7-10-19(25)20(26)12-15/h1-12H,13H2/b21-11-. The van der Waals surface area contributed by atoms with Gasteiger partial charge in [0.2, 0.25) is 5.90 Å². The zero-order chi connectivity index (χ0) is 21.1. The van der Waals surface area contributed by atoms with Gasteiger partial charge in [0.05, 0.1) is 10.0 Å². The predicted molar refractivity (Wildman–Crippen MR) is 122 cm³/mol. The van der Waals surface area contributed by atoms with Crippen molar-refractivity contribution >= 4 is 57.1 Å². The van der Waals surface area contributed by atoms with E-state index < -0.39 is 5.97 Å². The largest absolute Gasteiger partial charge is 0.489 e. The van der Waals surface area contributed by atoms with Gasteiger partial charge in [-0.25, -0.2) is 9.79 Å². The van der Waals surface area contributed by atoms with Crippen LogP contribution in [-0.4, -0.2) is 11.9 Å². The summed E-state index contributed by atoms with van der Waals surface area (Å²) in [5.74, 6) is 0.394. The van der Waals surface area contributed by atoms with Crippen molar-refractivity contribution in [2.75, 3.05) is 0 Å². The Hall–Kier alpha value is -2.60. The fourth-order valence-electron chi connectivity index (χ4n) is 2.76. The minimum atomic E-state index is -0.523. The number of rotatable bonds is 5. The van der Waals surface area contributed by atoms with Crippen LogP contribution in [0.25, 0.3) is 6.08 Å². The van der Waals surface area contributed by atoms with Crippen LogP contribution in [0.4, 0.5) is 0 Å². The van der Waals surface area contributed by atoms with Gasteiger partial charge in [0.1, 0.15) is 12.4 Å². The Labute approximate surface area is 191 Å². The lowest BCUT2D eigenvalue weighted by molar-refractivity contribution is -0.129. The first-order valence-electron chi connectivity index (χ1n) is 8.94. The van der Waals surface area contributed by atoms with Crippen LogP contribution >= 0.6 is 39.1 Å². The lowest BCUT2D eigenvalue weighted by atomic mass is 10.2. The first-order valence-corrected chi connectivity index (χ1v) is 10.5. The average molecular weight is 503 g/mol. The molecule has 0 aromatic heterocycles. The number of hydrogen-bond donors (Lipinski definition) is 0. The SMILES string of the molecule is O=C1OC(c2ccc(Cl)c(Cl)c2)=N/C1=C\c1ccc(OCc2ccccc2Br)cc1. The number of carbonyl (C=O) groups is 1. The maximum atomic E-state index is 12.2. The second-order valence-electron chi connectivity index (χ2n) is 6.41. The third-order valence-corrected chi connectivity index (χ3v) is 5.84. The van der Waals surface area contributed by atoms with Crippen molar-refractivity contribution in [3.8, 4) is 5.75 Å². The van der Waals surface area contributed by atoms with Crippen molar-refractivity contribution in [2.24, 2.45) is 4.99 Å².